The van der Waals surface area contributed by atoms with Crippen molar-refractivity contribution >= 4 is 23.8 Å². The monoisotopic (exact) mass is 262 g/mol. The fourth-order valence-corrected chi connectivity index (χ4v) is 1.76. The van der Waals surface area contributed by atoms with Gasteiger partial charge in [-0.3, -0.25) is 5.01 Å². The van der Waals surface area contributed by atoms with E-state index < -0.39 is 0 Å². The zero-order valence-corrected chi connectivity index (χ0v) is 11.5. The molecule has 0 bridgehead atoms. The van der Waals surface area contributed by atoms with E-state index >= 15 is 0 Å². The van der Waals surface area contributed by atoms with Crippen molar-refractivity contribution in [2.45, 2.75) is 19.8 Å². The van der Waals surface area contributed by atoms with Crippen LogP contribution in [0.25, 0.3) is 0 Å². The van der Waals surface area contributed by atoms with Crippen LogP contribution in [0.1, 0.15) is 25.3 Å². The normalized spacial score (nSPS) is 10.0. The van der Waals surface area contributed by atoms with Gasteiger partial charge >= 0.3 is 0 Å². The first-order chi connectivity index (χ1) is 8.18. The Balaban J connectivity index is 0.00000162. The van der Waals surface area contributed by atoms with Gasteiger partial charge in [-0.2, -0.15) is 0 Å². The lowest BCUT2D eigenvalue weighted by Gasteiger charge is -2.19. The lowest BCUT2D eigenvalue weighted by atomic mass is 10.0. The second-order valence-corrected chi connectivity index (χ2v) is 4.45. The van der Waals surface area contributed by atoms with Crippen molar-refractivity contribution in [3.8, 4) is 0 Å². The number of hydrogen-bond acceptors (Lipinski definition) is 2. The Labute approximate surface area is 115 Å². The van der Waals surface area contributed by atoms with Gasteiger partial charge in [0.2, 0.25) is 0 Å². The van der Waals surface area contributed by atoms with Crippen LogP contribution >= 0.6 is 12.4 Å². The molecular weight excluding hydrogens is 244 g/mol. The van der Waals surface area contributed by atoms with Gasteiger partial charge in [0.1, 0.15) is 0 Å². The average Bonchev–Trinajstić information content (AvgIpc) is 2.39. The number of anilines is 2. The zero-order valence-electron chi connectivity index (χ0n) is 10.7. The van der Waals surface area contributed by atoms with Crippen LogP contribution in [0.2, 0.25) is 0 Å². The molecule has 0 saturated carbocycles. The summed E-state index contributed by atoms with van der Waals surface area (Å²) in [5.74, 6) is 6.62. The van der Waals surface area contributed by atoms with Gasteiger partial charge < -0.3 is 0 Å². The van der Waals surface area contributed by atoms with Crippen LogP contribution in [0.3, 0.4) is 0 Å². The molecule has 0 radical (unpaired) electrons. The summed E-state index contributed by atoms with van der Waals surface area (Å²) < 4.78 is 0. The summed E-state index contributed by atoms with van der Waals surface area (Å²) in [6, 6.07) is 18.3. The molecule has 0 heterocycles. The van der Waals surface area contributed by atoms with Gasteiger partial charge in [0, 0.05) is 0 Å². The minimum atomic E-state index is 0. The second kappa shape index (κ2) is 6.43. The number of nitrogens with zero attached hydrogens (tertiary/aromatic N) is 1. The quantitative estimate of drug-likeness (QED) is 0.662. The van der Waals surface area contributed by atoms with Gasteiger partial charge in [-0.25, -0.2) is 5.84 Å². The molecule has 0 aliphatic carbocycles. The smallest absolute Gasteiger partial charge is 0.0575 e. The first kappa shape index (κ1) is 14.6. The molecule has 0 unspecified atom stereocenters. The number of benzene rings is 2. The second-order valence-electron chi connectivity index (χ2n) is 4.45. The number of hydrogen-bond donors (Lipinski definition) is 1. The van der Waals surface area contributed by atoms with Crippen LogP contribution in [-0.2, 0) is 0 Å². The topological polar surface area (TPSA) is 29.3 Å². The Kier molecular flexibility index (Phi) is 5.20. The maximum absolute atomic E-state index is 6.08. The first-order valence-corrected chi connectivity index (χ1v) is 5.88. The van der Waals surface area contributed by atoms with E-state index in [2.05, 4.69) is 38.1 Å². The van der Waals surface area contributed by atoms with Crippen LogP contribution in [-0.4, -0.2) is 0 Å². The summed E-state index contributed by atoms with van der Waals surface area (Å²) in [7, 11) is 0. The summed E-state index contributed by atoms with van der Waals surface area (Å²) >= 11 is 0. The van der Waals surface area contributed by atoms with Crippen LogP contribution < -0.4 is 10.9 Å². The molecule has 0 atom stereocenters. The molecule has 0 fully saturated rings. The van der Waals surface area contributed by atoms with Crippen molar-refractivity contribution in [3.05, 3.63) is 60.2 Å². The van der Waals surface area contributed by atoms with Crippen molar-refractivity contribution in [1.29, 1.82) is 0 Å². The Morgan fingerprint density at radius 1 is 0.833 bits per heavy atom. The van der Waals surface area contributed by atoms with Gasteiger partial charge in [0.25, 0.3) is 0 Å². The Morgan fingerprint density at radius 3 is 1.83 bits per heavy atom. The maximum atomic E-state index is 6.08. The molecule has 2 nitrogen and oxygen atoms in total. The fourth-order valence-electron chi connectivity index (χ4n) is 1.76. The number of para-hydroxylation sites is 1. The first-order valence-electron chi connectivity index (χ1n) is 5.88. The SMILES string of the molecule is CC(C)c1ccc(N(N)c2ccccc2)cc1.Cl. The van der Waals surface area contributed by atoms with Gasteiger partial charge in [-0.15, -0.1) is 12.4 Å². The van der Waals surface area contributed by atoms with Gasteiger partial charge in [0.15, 0.2) is 0 Å². The van der Waals surface area contributed by atoms with E-state index in [0.29, 0.717) is 5.92 Å². The third kappa shape index (κ3) is 3.25. The molecule has 0 aliphatic rings. The van der Waals surface area contributed by atoms with Crippen molar-refractivity contribution in [1.82, 2.24) is 0 Å². The van der Waals surface area contributed by atoms with Gasteiger partial charge in [-0.1, -0.05) is 44.2 Å². The van der Waals surface area contributed by atoms with E-state index in [-0.39, 0.29) is 12.4 Å². The minimum Gasteiger partial charge on any atom is -0.280 e. The van der Waals surface area contributed by atoms with Crippen molar-refractivity contribution in [2.24, 2.45) is 5.84 Å². The van der Waals surface area contributed by atoms with E-state index in [1.807, 2.05) is 30.3 Å². The van der Waals surface area contributed by atoms with E-state index in [9.17, 15) is 0 Å². The summed E-state index contributed by atoms with van der Waals surface area (Å²) in [4.78, 5) is 0. The van der Waals surface area contributed by atoms with Crippen molar-refractivity contribution in [3.63, 3.8) is 0 Å². The lowest BCUT2D eigenvalue weighted by molar-refractivity contribution is 0.866. The molecule has 0 aliphatic heterocycles. The highest BCUT2D eigenvalue weighted by atomic mass is 35.5. The molecule has 0 spiro atoms. The zero-order chi connectivity index (χ0) is 12.3. The van der Waals surface area contributed by atoms with Crippen molar-refractivity contribution in [2.75, 3.05) is 5.01 Å². The Bertz CT molecular complexity index is 466. The number of rotatable bonds is 3. The maximum Gasteiger partial charge on any atom is 0.0575 e. The van der Waals surface area contributed by atoms with E-state index in [4.69, 9.17) is 5.84 Å². The fraction of sp³-hybridized carbons (Fsp3) is 0.200. The third-order valence-electron chi connectivity index (χ3n) is 2.87. The summed E-state index contributed by atoms with van der Waals surface area (Å²) in [5.41, 5.74) is 3.32. The van der Waals surface area contributed by atoms with Crippen molar-refractivity contribution < 1.29 is 0 Å². The number of halogens is 1. The molecule has 18 heavy (non-hydrogen) atoms. The summed E-state index contributed by atoms with van der Waals surface area (Å²) in [6.07, 6.45) is 0. The van der Waals surface area contributed by atoms with Crippen LogP contribution in [0.15, 0.2) is 54.6 Å². The van der Waals surface area contributed by atoms with E-state index in [1.165, 1.54) is 5.56 Å². The molecule has 2 aromatic carbocycles. The van der Waals surface area contributed by atoms with Gasteiger partial charge in [0.05, 0.1) is 11.4 Å². The average molecular weight is 263 g/mol. The molecule has 2 N–H and O–H groups in total. The predicted molar refractivity (Wildman–Crippen MR) is 80.5 cm³/mol. The highest BCUT2D eigenvalue weighted by molar-refractivity contribution is 5.85. The number of nitrogens with two attached hydrogens (primary N) is 1. The minimum absolute atomic E-state index is 0. The highest BCUT2D eigenvalue weighted by Crippen LogP contribution is 2.23. The molecule has 2 aromatic rings. The highest BCUT2D eigenvalue weighted by Gasteiger charge is 2.04. The van der Waals surface area contributed by atoms with Gasteiger partial charge in [-0.05, 0) is 35.7 Å². The standard InChI is InChI=1S/C15H18N2.ClH/c1-12(2)13-8-10-15(11-9-13)17(16)14-6-4-3-5-7-14;/h3-12H,16H2,1-2H3;1H. The van der Waals surface area contributed by atoms with Crippen LogP contribution in [0.4, 0.5) is 11.4 Å². The molecule has 96 valence electrons. The molecule has 3 heteroatoms. The number of hydrazine groups is 1. The largest absolute Gasteiger partial charge is 0.280 e. The lowest BCUT2D eigenvalue weighted by Crippen LogP contribution is -2.24. The summed E-state index contributed by atoms with van der Waals surface area (Å²) in [5, 5.41) is 1.70. The van der Waals surface area contributed by atoms with Crippen LogP contribution in [0, 0.1) is 0 Å². The van der Waals surface area contributed by atoms with E-state index in [0.717, 1.165) is 11.4 Å². The summed E-state index contributed by atoms with van der Waals surface area (Å²) in [6.45, 7) is 4.37. The Morgan fingerprint density at radius 2 is 1.33 bits per heavy atom. The third-order valence-corrected chi connectivity index (χ3v) is 2.87. The molecule has 0 saturated heterocycles. The molecule has 2 rings (SSSR count). The van der Waals surface area contributed by atoms with E-state index in [1.54, 1.807) is 5.01 Å². The molecular formula is C15H19ClN2. The Hall–Kier alpha value is -1.51. The molecule has 0 amide bonds. The van der Waals surface area contributed by atoms with Crippen LogP contribution in [0.5, 0.6) is 0 Å². The molecule has 0 aromatic heterocycles. The predicted octanol–water partition coefficient (Wildman–Crippen LogP) is 4.24.